The van der Waals surface area contributed by atoms with Gasteiger partial charge in [0.05, 0.1) is 6.61 Å². The monoisotopic (exact) mass is 293 g/mol. The molecule has 0 aliphatic heterocycles. The predicted octanol–water partition coefficient (Wildman–Crippen LogP) is 0.451. The van der Waals surface area contributed by atoms with E-state index in [0.717, 1.165) is 32.1 Å². The van der Waals surface area contributed by atoms with E-state index in [1.807, 2.05) is 6.92 Å². The summed E-state index contributed by atoms with van der Waals surface area (Å²) in [6, 6.07) is 0. The lowest BCUT2D eigenvalue weighted by Gasteiger charge is -2.44. The quantitative estimate of drug-likeness (QED) is 0.636. The van der Waals surface area contributed by atoms with Crippen LogP contribution in [0.3, 0.4) is 0 Å². The van der Waals surface area contributed by atoms with Crippen LogP contribution in [0.2, 0.25) is 0 Å². The number of hydrogen-bond acceptors (Lipinski definition) is 4. The molecule has 19 heavy (non-hydrogen) atoms. The molecule has 0 unspecified atom stereocenters. The summed E-state index contributed by atoms with van der Waals surface area (Å²) in [4.78, 5) is 0. The van der Waals surface area contributed by atoms with E-state index in [-0.39, 0.29) is 6.54 Å². The van der Waals surface area contributed by atoms with Gasteiger partial charge in [-0.15, -0.1) is 0 Å². The van der Waals surface area contributed by atoms with Gasteiger partial charge in [-0.25, -0.2) is 0 Å². The summed E-state index contributed by atoms with van der Waals surface area (Å²) in [5.41, 5.74) is 5.50. The van der Waals surface area contributed by atoms with E-state index in [0.29, 0.717) is 19.7 Å². The first-order valence-electron chi connectivity index (χ1n) is 6.99. The average Bonchev–Trinajstić information content (AvgIpc) is 2.40. The van der Waals surface area contributed by atoms with Gasteiger partial charge >= 0.3 is 0 Å². The van der Waals surface area contributed by atoms with Gasteiger partial charge in [0.25, 0.3) is 10.2 Å². The van der Waals surface area contributed by atoms with Crippen molar-refractivity contribution in [2.24, 2.45) is 5.73 Å². The Morgan fingerprint density at radius 2 is 1.95 bits per heavy atom. The molecule has 1 fully saturated rings. The summed E-state index contributed by atoms with van der Waals surface area (Å²) >= 11 is 0. The zero-order valence-electron chi connectivity index (χ0n) is 12.0. The van der Waals surface area contributed by atoms with Crippen LogP contribution in [-0.2, 0) is 14.9 Å². The molecule has 3 N–H and O–H groups in total. The molecule has 6 nitrogen and oxygen atoms in total. The summed E-state index contributed by atoms with van der Waals surface area (Å²) in [6.45, 7) is 3.34. The fourth-order valence-corrected chi connectivity index (χ4v) is 4.48. The fourth-order valence-electron chi connectivity index (χ4n) is 2.88. The molecule has 0 radical (unpaired) electrons. The van der Waals surface area contributed by atoms with Crippen LogP contribution in [0.25, 0.3) is 0 Å². The number of nitrogens with one attached hydrogen (secondary N) is 1. The van der Waals surface area contributed by atoms with Crippen LogP contribution in [-0.4, -0.2) is 51.6 Å². The molecule has 1 saturated carbocycles. The van der Waals surface area contributed by atoms with E-state index in [1.165, 1.54) is 0 Å². The van der Waals surface area contributed by atoms with E-state index < -0.39 is 15.7 Å². The van der Waals surface area contributed by atoms with E-state index in [4.69, 9.17) is 10.5 Å². The number of hydrogen-bond donors (Lipinski definition) is 2. The minimum atomic E-state index is -3.49. The summed E-state index contributed by atoms with van der Waals surface area (Å²) in [7, 11) is -1.94. The lowest BCUT2D eigenvalue weighted by molar-refractivity contribution is 0.138. The van der Waals surface area contributed by atoms with Crippen LogP contribution in [0.15, 0.2) is 0 Å². The SMILES string of the molecule is CCN(C1(CN)CCCCC1)S(=O)(=O)NCCOC. The largest absolute Gasteiger partial charge is 0.383 e. The highest BCUT2D eigenvalue weighted by atomic mass is 32.2. The number of rotatable bonds is 8. The molecule has 0 aromatic rings. The maximum absolute atomic E-state index is 12.4. The second-order valence-electron chi connectivity index (χ2n) is 5.05. The molecule has 0 atom stereocenters. The van der Waals surface area contributed by atoms with Crippen LogP contribution in [0, 0.1) is 0 Å². The molecular weight excluding hydrogens is 266 g/mol. The molecule has 0 aromatic heterocycles. The first-order valence-corrected chi connectivity index (χ1v) is 8.43. The topological polar surface area (TPSA) is 84.7 Å². The third-order valence-corrected chi connectivity index (χ3v) is 5.66. The molecule has 1 aliphatic carbocycles. The van der Waals surface area contributed by atoms with E-state index >= 15 is 0 Å². The van der Waals surface area contributed by atoms with Gasteiger partial charge in [0.2, 0.25) is 0 Å². The number of likely N-dealkylation sites (N-methyl/N-ethyl adjacent to an activating group) is 1. The Morgan fingerprint density at radius 3 is 2.42 bits per heavy atom. The summed E-state index contributed by atoms with van der Waals surface area (Å²) in [5, 5.41) is 0. The average molecular weight is 293 g/mol. The molecule has 0 spiro atoms. The molecular formula is C12H27N3O3S. The van der Waals surface area contributed by atoms with Gasteiger partial charge in [-0.05, 0) is 12.8 Å². The van der Waals surface area contributed by atoms with Crippen molar-refractivity contribution in [1.82, 2.24) is 9.03 Å². The van der Waals surface area contributed by atoms with Crippen molar-refractivity contribution in [3.8, 4) is 0 Å². The third kappa shape index (κ3) is 4.13. The number of ether oxygens (including phenoxy) is 1. The Labute approximate surface area is 116 Å². The molecule has 114 valence electrons. The first-order chi connectivity index (χ1) is 9.02. The van der Waals surface area contributed by atoms with E-state index in [2.05, 4.69) is 4.72 Å². The summed E-state index contributed by atoms with van der Waals surface area (Å²) in [6.07, 6.45) is 4.95. The van der Waals surface area contributed by atoms with Crippen molar-refractivity contribution < 1.29 is 13.2 Å². The first kappa shape index (κ1) is 16.8. The second-order valence-corrected chi connectivity index (χ2v) is 6.73. The Hall–Kier alpha value is -0.210. The zero-order valence-corrected chi connectivity index (χ0v) is 12.8. The van der Waals surface area contributed by atoms with Crippen molar-refractivity contribution in [2.45, 2.75) is 44.6 Å². The van der Waals surface area contributed by atoms with Crippen molar-refractivity contribution >= 4 is 10.2 Å². The molecule has 1 aliphatic rings. The molecule has 0 bridgehead atoms. The third-order valence-electron chi connectivity index (χ3n) is 3.86. The highest BCUT2D eigenvalue weighted by Crippen LogP contribution is 2.34. The second kappa shape index (κ2) is 7.54. The lowest BCUT2D eigenvalue weighted by atomic mass is 9.81. The Morgan fingerprint density at radius 1 is 1.32 bits per heavy atom. The van der Waals surface area contributed by atoms with Crippen LogP contribution < -0.4 is 10.5 Å². The Balaban J connectivity index is 2.84. The van der Waals surface area contributed by atoms with Crippen molar-refractivity contribution in [2.75, 3.05) is 33.4 Å². The van der Waals surface area contributed by atoms with Gasteiger partial charge in [-0.3, -0.25) is 0 Å². The minimum Gasteiger partial charge on any atom is -0.383 e. The van der Waals surface area contributed by atoms with Gasteiger partial charge in [0.15, 0.2) is 0 Å². The minimum absolute atomic E-state index is 0.288. The molecule has 1 rings (SSSR count). The molecule has 0 saturated heterocycles. The summed E-state index contributed by atoms with van der Waals surface area (Å²) < 4.78 is 33.8. The van der Waals surface area contributed by atoms with Gasteiger partial charge in [-0.1, -0.05) is 26.2 Å². The van der Waals surface area contributed by atoms with Crippen LogP contribution in [0.5, 0.6) is 0 Å². The smallest absolute Gasteiger partial charge is 0.280 e. The Kier molecular flexibility index (Phi) is 6.68. The predicted molar refractivity (Wildman–Crippen MR) is 76.0 cm³/mol. The van der Waals surface area contributed by atoms with Gasteiger partial charge < -0.3 is 10.5 Å². The molecule has 7 heteroatoms. The normalized spacial score (nSPS) is 19.8. The highest BCUT2D eigenvalue weighted by molar-refractivity contribution is 7.87. The van der Waals surface area contributed by atoms with Crippen LogP contribution >= 0.6 is 0 Å². The van der Waals surface area contributed by atoms with Crippen LogP contribution in [0.1, 0.15) is 39.0 Å². The van der Waals surface area contributed by atoms with Gasteiger partial charge in [0, 0.05) is 32.3 Å². The highest BCUT2D eigenvalue weighted by Gasteiger charge is 2.42. The van der Waals surface area contributed by atoms with E-state index in [1.54, 1.807) is 11.4 Å². The number of nitrogens with zero attached hydrogens (tertiary/aromatic N) is 1. The van der Waals surface area contributed by atoms with Gasteiger partial charge in [-0.2, -0.15) is 17.4 Å². The molecule has 0 amide bonds. The lowest BCUT2D eigenvalue weighted by Crippen LogP contribution is -2.59. The number of nitrogens with two attached hydrogens (primary N) is 1. The van der Waals surface area contributed by atoms with Crippen LogP contribution in [0.4, 0.5) is 0 Å². The maximum atomic E-state index is 12.4. The fraction of sp³-hybridized carbons (Fsp3) is 1.00. The van der Waals surface area contributed by atoms with Crippen molar-refractivity contribution in [3.63, 3.8) is 0 Å². The van der Waals surface area contributed by atoms with Crippen molar-refractivity contribution in [1.29, 1.82) is 0 Å². The van der Waals surface area contributed by atoms with E-state index in [9.17, 15) is 8.42 Å². The number of methoxy groups -OCH3 is 1. The Bertz CT molecular complexity index is 353. The maximum Gasteiger partial charge on any atom is 0.280 e. The molecule has 0 aromatic carbocycles. The van der Waals surface area contributed by atoms with Gasteiger partial charge in [0.1, 0.15) is 0 Å². The summed E-state index contributed by atoms with van der Waals surface area (Å²) in [5.74, 6) is 0. The zero-order chi connectivity index (χ0) is 14.4. The molecule has 0 heterocycles. The van der Waals surface area contributed by atoms with Crippen molar-refractivity contribution in [3.05, 3.63) is 0 Å². The standard InChI is InChI=1S/C12H27N3O3S/c1-3-15(19(16,17)14-9-10-18-2)12(11-13)7-5-4-6-8-12/h14H,3-11,13H2,1-2H3.